The summed E-state index contributed by atoms with van der Waals surface area (Å²) in [6.07, 6.45) is 0. The zero-order chi connectivity index (χ0) is 24.5. The first-order chi connectivity index (χ1) is 17.0. The summed E-state index contributed by atoms with van der Waals surface area (Å²) in [4.78, 5) is 12.3. The average Bonchev–Trinajstić information content (AvgIpc) is 2.89. The van der Waals surface area contributed by atoms with Gasteiger partial charge in [0.2, 0.25) is 10.0 Å². The number of rotatable bonds is 11. The highest BCUT2D eigenvalue weighted by Crippen LogP contribution is 2.23. The Morgan fingerprint density at radius 1 is 0.600 bits per heavy atom. The molecular formula is C27H24N2O5S. The van der Waals surface area contributed by atoms with Crippen molar-refractivity contribution >= 4 is 21.5 Å². The Morgan fingerprint density at radius 3 is 1.57 bits per heavy atom. The van der Waals surface area contributed by atoms with Gasteiger partial charge >= 0.3 is 0 Å². The molecule has 0 amide bonds. The fraction of sp³-hybridized carbons (Fsp3) is 0.0741. The Kier molecular flexibility index (Phi) is 7.77. The molecule has 0 radical (unpaired) electrons. The van der Waals surface area contributed by atoms with Crippen molar-refractivity contribution in [3.8, 4) is 23.0 Å². The van der Waals surface area contributed by atoms with E-state index in [9.17, 15) is 13.2 Å². The fourth-order valence-corrected chi connectivity index (χ4v) is 4.11. The van der Waals surface area contributed by atoms with Gasteiger partial charge in [-0.25, -0.2) is 13.1 Å². The minimum atomic E-state index is -3.83. The molecule has 0 aliphatic carbocycles. The van der Waals surface area contributed by atoms with E-state index in [0.717, 1.165) is 11.4 Å². The topological polar surface area (TPSA) is 93.7 Å². The Balaban J connectivity index is 1.24. The van der Waals surface area contributed by atoms with Crippen molar-refractivity contribution in [1.82, 2.24) is 4.72 Å². The minimum Gasteiger partial charge on any atom is -0.457 e. The first kappa shape index (κ1) is 24.0. The number of para-hydroxylation sites is 2. The van der Waals surface area contributed by atoms with E-state index in [-0.39, 0.29) is 23.8 Å². The molecule has 0 aliphatic heterocycles. The second-order valence-corrected chi connectivity index (χ2v) is 9.31. The zero-order valence-corrected chi connectivity index (χ0v) is 19.6. The fourth-order valence-electron chi connectivity index (χ4n) is 3.10. The Bertz CT molecular complexity index is 1340. The van der Waals surface area contributed by atoms with Gasteiger partial charge in [0, 0.05) is 5.69 Å². The van der Waals surface area contributed by atoms with Crippen LogP contribution in [0.1, 0.15) is 0 Å². The van der Waals surface area contributed by atoms with Crippen LogP contribution in [0.4, 0.5) is 5.69 Å². The Hall–Kier alpha value is -4.14. The largest absolute Gasteiger partial charge is 0.457 e. The van der Waals surface area contributed by atoms with Crippen LogP contribution in [0, 0.1) is 0 Å². The lowest BCUT2D eigenvalue weighted by atomic mass is 10.3. The summed E-state index contributed by atoms with van der Waals surface area (Å²) in [6, 6.07) is 31.7. The molecule has 178 valence electrons. The van der Waals surface area contributed by atoms with Crippen LogP contribution < -0.4 is 19.5 Å². The highest BCUT2D eigenvalue weighted by atomic mass is 32.2. The van der Waals surface area contributed by atoms with Gasteiger partial charge in [0.1, 0.15) is 23.0 Å². The van der Waals surface area contributed by atoms with Crippen molar-refractivity contribution in [1.29, 1.82) is 0 Å². The number of sulfonamides is 1. The van der Waals surface area contributed by atoms with Crippen LogP contribution in [0.3, 0.4) is 0 Å². The van der Waals surface area contributed by atoms with Crippen molar-refractivity contribution < 1.29 is 22.7 Å². The third-order valence-electron chi connectivity index (χ3n) is 4.90. The summed E-state index contributed by atoms with van der Waals surface area (Å²) in [5.41, 5.74) is 0.718. The lowest BCUT2D eigenvalue weighted by molar-refractivity contribution is -0.116. The number of carbonyl (C=O) groups is 1. The van der Waals surface area contributed by atoms with Crippen molar-refractivity contribution in [3.05, 3.63) is 109 Å². The van der Waals surface area contributed by atoms with Crippen LogP contribution in [0.5, 0.6) is 23.0 Å². The molecule has 0 heterocycles. The van der Waals surface area contributed by atoms with Gasteiger partial charge in [-0.15, -0.1) is 0 Å². The monoisotopic (exact) mass is 488 g/mol. The van der Waals surface area contributed by atoms with E-state index in [2.05, 4.69) is 10.0 Å². The molecular weight excluding hydrogens is 464 g/mol. The van der Waals surface area contributed by atoms with Gasteiger partial charge in [0.15, 0.2) is 5.78 Å². The number of nitrogens with one attached hydrogen (secondary N) is 2. The van der Waals surface area contributed by atoms with Gasteiger partial charge in [-0.1, -0.05) is 36.4 Å². The molecule has 0 spiro atoms. The van der Waals surface area contributed by atoms with E-state index < -0.39 is 10.0 Å². The second kappa shape index (κ2) is 11.3. The molecule has 4 aromatic carbocycles. The molecule has 35 heavy (non-hydrogen) atoms. The molecule has 0 fully saturated rings. The summed E-state index contributed by atoms with van der Waals surface area (Å²) in [5, 5.41) is 2.99. The third kappa shape index (κ3) is 7.17. The molecule has 2 N–H and O–H groups in total. The highest BCUT2D eigenvalue weighted by Gasteiger charge is 2.15. The Morgan fingerprint density at radius 2 is 1.06 bits per heavy atom. The lowest BCUT2D eigenvalue weighted by Gasteiger charge is -2.10. The molecule has 0 saturated carbocycles. The number of anilines is 1. The van der Waals surface area contributed by atoms with Gasteiger partial charge < -0.3 is 14.8 Å². The highest BCUT2D eigenvalue weighted by molar-refractivity contribution is 7.89. The van der Waals surface area contributed by atoms with Crippen LogP contribution >= 0.6 is 0 Å². The van der Waals surface area contributed by atoms with Gasteiger partial charge in [-0.05, 0) is 72.8 Å². The molecule has 4 aromatic rings. The Labute approximate surface area is 204 Å². The number of Topliss-reactive ketones (excluding diaryl/α,β-unsaturated/α-hetero) is 1. The van der Waals surface area contributed by atoms with Crippen LogP contribution in [0.15, 0.2) is 114 Å². The molecule has 0 bridgehead atoms. The molecule has 8 heteroatoms. The first-order valence-electron chi connectivity index (χ1n) is 10.9. The van der Waals surface area contributed by atoms with Crippen molar-refractivity contribution in [3.63, 3.8) is 0 Å². The van der Waals surface area contributed by atoms with E-state index >= 15 is 0 Å². The summed E-state index contributed by atoms with van der Waals surface area (Å²) in [7, 11) is -3.83. The van der Waals surface area contributed by atoms with E-state index in [0.29, 0.717) is 17.2 Å². The van der Waals surface area contributed by atoms with Crippen molar-refractivity contribution in [2.75, 3.05) is 18.4 Å². The average molecular weight is 489 g/mol. The molecule has 7 nitrogen and oxygen atoms in total. The smallest absolute Gasteiger partial charge is 0.240 e. The van der Waals surface area contributed by atoms with Crippen molar-refractivity contribution in [2.24, 2.45) is 0 Å². The maximum Gasteiger partial charge on any atom is 0.240 e. The summed E-state index contributed by atoms with van der Waals surface area (Å²) < 4.78 is 38.8. The minimum absolute atomic E-state index is 0.0226. The van der Waals surface area contributed by atoms with Gasteiger partial charge in [0.05, 0.1) is 18.0 Å². The summed E-state index contributed by atoms with van der Waals surface area (Å²) in [5.74, 6) is 2.26. The van der Waals surface area contributed by atoms with E-state index in [1.54, 1.807) is 48.5 Å². The van der Waals surface area contributed by atoms with Gasteiger partial charge in [-0.2, -0.15) is 0 Å². The number of hydrogen-bond donors (Lipinski definition) is 2. The lowest BCUT2D eigenvalue weighted by Crippen LogP contribution is -2.32. The number of ether oxygens (including phenoxy) is 2. The SMILES string of the molecule is O=C(CNc1ccc(Oc2ccccc2)cc1)CNS(=O)(=O)c1ccc(Oc2ccccc2)cc1. The van der Waals surface area contributed by atoms with E-state index in [1.807, 2.05) is 48.5 Å². The van der Waals surface area contributed by atoms with Gasteiger partial charge in [-0.3, -0.25) is 4.79 Å². The van der Waals surface area contributed by atoms with Crippen LogP contribution in [0.25, 0.3) is 0 Å². The molecule has 0 aliphatic rings. The third-order valence-corrected chi connectivity index (χ3v) is 6.31. The first-order valence-corrected chi connectivity index (χ1v) is 12.4. The predicted octanol–water partition coefficient (Wildman–Crippen LogP) is 5.23. The maximum atomic E-state index is 12.5. The van der Waals surface area contributed by atoms with E-state index in [4.69, 9.17) is 9.47 Å². The quantitative estimate of drug-likeness (QED) is 0.300. The molecule has 0 unspecified atom stereocenters. The molecule has 4 rings (SSSR count). The van der Waals surface area contributed by atoms with Crippen LogP contribution in [-0.2, 0) is 14.8 Å². The van der Waals surface area contributed by atoms with Gasteiger partial charge in [0.25, 0.3) is 0 Å². The molecule has 0 atom stereocenters. The number of carbonyl (C=O) groups excluding carboxylic acids is 1. The summed E-state index contributed by atoms with van der Waals surface area (Å²) >= 11 is 0. The van der Waals surface area contributed by atoms with Crippen LogP contribution in [0.2, 0.25) is 0 Å². The van der Waals surface area contributed by atoms with E-state index in [1.165, 1.54) is 12.1 Å². The molecule has 0 saturated heterocycles. The summed E-state index contributed by atoms with van der Waals surface area (Å²) in [6.45, 7) is -0.349. The predicted molar refractivity (Wildman–Crippen MR) is 135 cm³/mol. The molecule has 0 aromatic heterocycles. The number of hydrogen-bond acceptors (Lipinski definition) is 6. The maximum absolute atomic E-state index is 12.5. The zero-order valence-electron chi connectivity index (χ0n) is 18.8. The number of ketones is 1. The standard InChI is InChI=1S/C27H24N2O5S/c30-22(19-28-21-11-13-25(14-12-21)33-23-7-3-1-4-8-23)20-29-35(31,32)27-17-15-26(16-18-27)34-24-9-5-2-6-10-24/h1-18,28-29H,19-20H2. The normalized spacial score (nSPS) is 11.0. The number of benzene rings is 4. The van der Waals surface area contributed by atoms with Crippen LogP contribution in [-0.4, -0.2) is 27.3 Å². The second-order valence-electron chi connectivity index (χ2n) is 7.54. The van der Waals surface area contributed by atoms with Crippen molar-refractivity contribution in [2.45, 2.75) is 4.90 Å².